The van der Waals surface area contributed by atoms with Gasteiger partial charge in [-0.2, -0.15) is 0 Å². The number of nitrogens with two attached hydrogens (primary N) is 1. The summed E-state index contributed by atoms with van der Waals surface area (Å²) in [6.07, 6.45) is 9.50. The number of aliphatic imine (C=N–C) groups is 1. The van der Waals surface area contributed by atoms with Crippen LogP contribution in [0.25, 0.3) is 9.75 Å². The largest absolute Gasteiger partial charge is 0.508 e. The summed E-state index contributed by atoms with van der Waals surface area (Å²) in [7, 11) is 0. The highest BCUT2D eigenvalue weighted by atomic mass is 32.1. The summed E-state index contributed by atoms with van der Waals surface area (Å²) in [5, 5.41) is 27.0. The zero-order chi connectivity index (χ0) is 31.8. The van der Waals surface area contributed by atoms with Gasteiger partial charge in [-0.1, -0.05) is 25.2 Å². The van der Waals surface area contributed by atoms with E-state index in [-0.39, 0.29) is 29.5 Å². The van der Waals surface area contributed by atoms with Crippen molar-refractivity contribution in [3.8, 4) is 27.3 Å². The van der Waals surface area contributed by atoms with Crippen molar-refractivity contribution in [1.29, 1.82) is 0 Å². The van der Waals surface area contributed by atoms with Crippen LogP contribution in [0.1, 0.15) is 91.7 Å². The number of aromatic hydroxyl groups is 1. The molecule has 2 aliphatic carbocycles. The Morgan fingerprint density at radius 3 is 2.49 bits per heavy atom. The number of carbonyl (C=O) groups excluding carboxylic acids is 1. The summed E-state index contributed by atoms with van der Waals surface area (Å²) >= 11 is 3.25. The average molecular weight is 647 g/mol. The first-order valence-electron chi connectivity index (χ1n) is 16.3. The minimum absolute atomic E-state index is 0.0172. The van der Waals surface area contributed by atoms with E-state index in [0.29, 0.717) is 24.8 Å². The van der Waals surface area contributed by atoms with E-state index >= 15 is 0 Å². The van der Waals surface area contributed by atoms with Gasteiger partial charge >= 0.3 is 0 Å². The number of hydrogen-bond donors (Lipinski definition) is 5. The molecule has 7 nitrogen and oxygen atoms in total. The Kier molecular flexibility index (Phi) is 11.6. The Balaban J connectivity index is 1.26. The Morgan fingerprint density at radius 2 is 1.76 bits per heavy atom. The van der Waals surface area contributed by atoms with Crippen LogP contribution in [-0.4, -0.2) is 46.7 Å². The molecule has 0 amide bonds. The SMILES string of the molecule is CC#Cc1ccc(-c2ccc(C(=O)C3CCC(C(Cc4cc(O)cc(NCC(C)O)c4)NC(N)=NC4CCCCC4)CC3)s2)s1. The van der Waals surface area contributed by atoms with Crippen LogP contribution in [0.2, 0.25) is 0 Å². The third kappa shape index (κ3) is 9.35. The lowest BCUT2D eigenvalue weighted by molar-refractivity contribution is 0.0867. The van der Waals surface area contributed by atoms with Crippen LogP contribution < -0.4 is 16.4 Å². The number of guanidine groups is 1. The van der Waals surface area contributed by atoms with Crippen LogP contribution in [0.5, 0.6) is 5.75 Å². The number of Topliss-reactive ketones (excluding diaryl/α,β-unsaturated/α-hetero) is 1. The quantitative estimate of drug-likeness (QED) is 0.0652. The maximum atomic E-state index is 13.6. The third-order valence-corrected chi connectivity index (χ3v) is 11.2. The fourth-order valence-corrected chi connectivity index (χ4v) is 8.66. The number of phenols is 1. The van der Waals surface area contributed by atoms with Gasteiger partial charge in [-0.3, -0.25) is 9.79 Å². The van der Waals surface area contributed by atoms with Crippen LogP contribution >= 0.6 is 22.7 Å². The molecule has 0 spiro atoms. The van der Waals surface area contributed by atoms with E-state index < -0.39 is 6.10 Å². The highest BCUT2D eigenvalue weighted by molar-refractivity contribution is 7.23. The van der Waals surface area contributed by atoms with Gasteiger partial charge in [0.25, 0.3) is 0 Å². The molecule has 3 aromatic rings. The summed E-state index contributed by atoms with van der Waals surface area (Å²) in [6, 6.07) is 14.0. The first-order chi connectivity index (χ1) is 21.8. The summed E-state index contributed by atoms with van der Waals surface area (Å²) < 4.78 is 0. The molecular formula is C36H46N4O3S2. The second-order valence-corrected chi connectivity index (χ2v) is 14.7. The number of thiophene rings is 2. The maximum Gasteiger partial charge on any atom is 0.189 e. The van der Waals surface area contributed by atoms with Crippen molar-refractivity contribution in [1.82, 2.24) is 5.32 Å². The molecule has 0 saturated heterocycles. The van der Waals surface area contributed by atoms with Gasteiger partial charge in [-0.15, -0.1) is 28.6 Å². The first kappa shape index (κ1) is 33.1. The van der Waals surface area contributed by atoms with Crippen molar-refractivity contribution < 1.29 is 15.0 Å². The van der Waals surface area contributed by atoms with Crippen LogP contribution in [0.4, 0.5) is 5.69 Å². The normalized spacial score (nSPS) is 20.6. The van der Waals surface area contributed by atoms with Gasteiger partial charge < -0.3 is 26.6 Å². The molecule has 2 aromatic heterocycles. The van der Waals surface area contributed by atoms with E-state index in [1.165, 1.54) is 19.3 Å². The van der Waals surface area contributed by atoms with E-state index in [1.54, 1.807) is 41.7 Å². The maximum absolute atomic E-state index is 13.6. The van der Waals surface area contributed by atoms with Crippen molar-refractivity contribution in [2.75, 3.05) is 11.9 Å². The van der Waals surface area contributed by atoms with Gasteiger partial charge in [0.05, 0.1) is 21.9 Å². The summed E-state index contributed by atoms with van der Waals surface area (Å²) in [6.45, 7) is 3.97. The number of carbonyl (C=O) groups is 1. The Bertz CT molecular complexity index is 1520. The monoisotopic (exact) mass is 646 g/mol. The predicted octanol–water partition coefficient (Wildman–Crippen LogP) is 7.18. The molecular weight excluding hydrogens is 601 g/mol. The lowest BCUT2D eigenvalue weighted by Gasteiger charge is -2.34. The van der Waals surface area contributed by atoms with Gasteiger partial charge in [0, 0.05) is 40.0 Å². The fourth-order valence-electron chi connectivity index (χ4n) is 6.63. The lowest BCUT2D eigenvalue weighted by Crippen LogP contribution is -2.47. The van der Waals surface area contributed by atoms with E-state index in [0.717, 1.165) is 69.3 Å². The number of phenolic OH excluding ortho intramolecular Hbond substituents is 1. The van der Waals surface area contributed by atoms with Crippen molar-refractivity contribution in [2.24, 2.45) is 22.6 Å². The number of hydrogen-bond acceptors (Lipinski definition) is 7. The second-order valence-electron chi connectivity index (χ2n) is 12.6. The number of nitrogens with zero attached hydrogens (tertiary/aromatic N) is 1. The van der Waals surface area contributed by atoms with Crippen LogP contribution in [0.15, 0.2) is 47.5 Å². The first-order valence-corrected chi connectivity index (χ1v) is 17.9. The molecule has 2 heterocycles. The molecule has 6 N–H and O–H groups in total. The third-order valence-electron chi connectivity index (χ3n) is 8.92. The zero-order valence-electron chi connectivity index (χ0n) is 26.4. The molecule has 5 rings (SSSR count). The van der Waals surface area contributed by atoms with E-state index in [2.05, 4.69) is 34.6 Å². The van der Waals surface area contributed by atoms with Gasteiger partial charge in [0.1, 0.15) is 5.75 Å². The van der Waals surface area contributed by atoms with Crippen LogP contribution in [0.3, 0.4) is 0 Å². The molecule has 1 aromatic carbocycles. The molecule has 2 atom stereocenters. The van der Waals surface area contributed by atoms with Crippen molar-refractivity contribution in [3.05, 3.63) is 57.8 Å². The molecule has 2 unspecified atom stereocenters. The molecule has 0 radical (unpaired) electrons. The number of rotatable bonds is 11. The highest BCUT2D eigenvalue weighted by Crippen LogP contribution is 2.38. The Labute approximate surface area is 275 Å². The van der Waals surface area contributed by atoms with Gasteiger partial charge in [0.2, 0.25) is 0 Å². The minimum atomic E-state index is -0.496. The molecule has 0 aliphatic heterocycles. The van der Waals surface area contributed by atoms with Crippen LogP contribution in [0, 0.1) is 23.7 Å². The fraction of sp³-hybridized carbons (Fsp3) is 0.500. The van der Waals surface area contributed by atoms with Crippen molar-refractivity contribution in [3.63, 3.8) is 0 Å². The molecule has 2 aliphatic rings. The Hall–Kier alpha value is -3.32. The zero-order valence-corrected chi connectivity index (χ0v) is 28.0. The molecule has 9 heteroatoms. The number of nitrogens with one attached hydrogen (secondary N) is 2. The van der Waals surface area contributed by atoms with Gasteiger partial charge in [-0.05, 0) is 107 Å². The number of anilines is 1. The van der Waals surface area contributed by atoms with E-state index in [1.807, 2.05) is 25.1 Å². The molecule has 2 saturated carbocycles. The number of aliphatic hydroxyl groups excluding tert-OH is 1. The van der Waals surface area contributed by atoms with Crippen molar-refractivity contribution >= 4 is 40.1 Å². The van der Waals surface area contributed by atoms with Crippen molar-refractivity contribution in [2.45, 2.75) is 96.2 Å². The smallest absolute Gasteiger partial charge is 0.189 e. The van der Waals surface area contributed by atoms with Gasteiger partial charge in [0.15, 0.2) is 11.7 Å². The molecule has 45 heavy (non-hydrogen) atoms. The summed E-state index contributed by atoms with van der Waals surface area (Å²) in [5.41, 5.74) is 8.27. The highest BCUT2D eigenvalue weighted by Gasteiger charge is 2.32. The van der Waals surface area contributed by atoms with E-state index in [4.69, 9.17) is 10.7 Å². The number of ketones is 1. The molecule has 240 valence electrons. The standard InChI is InChI=1S/C36H46N4O3S2/c1-3-7-30-14-15-32(44-30)33-16-17-34(45-33)35(43)26-12-10-25(11-13-26)31(40-36(37)39-27-8-5-4-6-9-27)20-24-18-28(21-29(42)19-24)38-22-23(2)41/h14-19,21,23,25-27,31,38,41-42H,4-6,8-13,20,22H2,1-2H3,(H3,37,39,40). The number of aliphatic hydroxyl groups is 1. The number of benzene rings is 1. The van der Waals surface area contributed by atoms with E-state index in [9.17, 15) is 15.0 Å². The second kappa shape index (κ2) is 15.8. The average Bonchev–Trinajstić information content (AvgIpc) is 3.70. The Morgan fingerprint density at radius 1 is 1.02 bits per heavy atom. The minimum Gasteiger partial charge on any atom is -0.508 e. The predicted molar refractivity (Wildman–Crippen MR) is 187 cm³/mol. The van der Waals surface area contributed by atoms with Crippen LogP contribution in [-0.2, 0) is 6.42 Å². The summed E-state index contributed by atoms with van der Waals surface area (Å²) in [4.78, 5) is 22.6. The molecule has 0 bridgehead atoms. The van der Waals surface area contributed by atoms with Gasteiger partial charge in [-0.25, -0.2) is 0 Å². The lowest BCUT2D eigenvalue weighted by atomic mass is 9.75. The topological polar surface area (TPSA) is 120 Å². The molecule has 2 fully saturated rings. The summed E-state index contributed by atoms with van der Waals surface area (Å²) in [5.74, 6) is 7.32.